The summed E-state index contributed by atoms with van der Waals surface area (Å²) in [5.74, 6) is 0. The fourth-order valence-electron chi connectivity index (χ4n) is 7.59. The zero-order valence-corrected chi connectivity index (χ0v) is 26.4. The highest BCUT2D eigenvalue weighted by Crippen LogP contribution is 2.47. The maximum Gasteiger partial charge on any atom is 0.0991 e. The fraction of sp³-hybridized carbons (Fsp3) is 0. The Morgan fingerprint density at radius 2 is 0.898 bits per heavy atom. The largest absolute Gasteiger partial charge is 0.309 e. The molecule has 3 heteroatoms. The lowest BCUT2D eigenvalue weighted by atomic mass is 9.83. The monoisotopic (exact) mass is 621 g/mol. The molecule has 0 spiro atoms. The van der Waals surface area contributed by atoms with Gasteiger partial charge in [-0.3, -0.25) is 0 Å². The predicted octanol–water partition coefficient (Wildman–Crippen LogP) is 11.8. The fourth-order valence-corrected chi connectivity index (χ4v) is 7.59. The van der Waals surface area contributed by atoms with E-state index in [0.717, 1.165) is 60.5 Å². The number of hydrogen-bond donors (Lipinski definition) is 0. The van der Waals surface area contributed by atoms with Crippen LogP contribution in [-0.2, 0) is 0 Å². The Hall–Kier alpha value is -6.94. The molecule has 226 valence electrons. The summed E-state index contributed by atoms with van der Waals surface area (Å²) >= 11 is 0. The van der Waals surface area contributed by atoms with Crippen LogP contribution >= 0.6 is 0 Å². The average molecular weight is 622 g/mol. The number of aromatic nitrogens is 1. The number of benzene rings is 8. The van der Waals surface area contributed by atoms with Gasteiger partial charge >= 0.3 is 0 Å². The van der Waals surface area contributed by atoms with Gasteiger partial charge in [0.1, 0.15) is 0 Å². The molecule has 0 atom stereocenters. The van der Waals surface area contributed by atoms with Gasteiger partial charge in [0, 0.05) is 16.3 Å². The molecule has 0 aliphatic heterocycles. The maximum absolute atomic E-state index is 10.2. The van der Waals surface area contributed by atoms with Gasteiger partial charge in [-0.2, -0.15) is 10.5 Å². The molecule has 0 aliphatic carbocycles. The summed E-state index contributed by atoms with van der Waals surface area (Å²) in [6, 6.07) is 61.4. The van der Waals surface area contributed by atoms with Crippen LogP contribution in [0.15, 0.2) is 164 Å². The Kier molecular flexibility index (Phi) is 6.58. The van der Waals surface area contributed by atoms with Gasteiger partial charge in [0.15, 0.2) is 0 Å². The third-order valence-electron chi connectivity index (χ3n) is 9.65. The molecule has 0 saturated heterocycles. The molecule has 0 aliphatic rings. The zero-order chi connectivity index (χ0) is 32.9. The normalized spacial score (nSPS) is 11.2. The minimum atomic E-state index is 0.609. The van der Waals surface area contributed by atoms with E-state index in [1.165, 1.54) is 21.9 Å². The van der Waals surface area contributed by atoms with Gasteiger partial charge in [-0.15, -0.1) is 0 Å². The third kappa shape index (κ3) is 4.42. The number of nitrogens with zero attached hydrogens (tertiary/aromatic N) is 3. The molecule has 9 rings (SSSR count). The van der Waals surface area contributed by atoms with Gasteiger partial charge in [0.2, 0.25) is 0 Å². The Bertz CT molecular complexity index is 2790. The minimum Gasteiger partial charge on any atom is -0.309 e. The molecule has 49 heavy (non-hydrogen) atoms. The van der Waals surface area contributed by atoms with Crippen molar-refractivity contribution in [2.45, 2.75) is 0 Å². The lowest BCUT2D eigenvalue weighted by Gasteiger charge is -2.21. The van der Waals surface area contributed by atoms with Crippen molar-refractivity contribution in [3.8, 4) is 51.2 Å². The molecular weight excluding hydrogens is 595 g/mol. The first kappa shape index (κ1) is 28.3. The molecule has 1 aromatic heterocycles. The van der Waals surface area contributed by atoms with Crippen molar-refractivity contribution in [2.24, 2.45) is 0 Å². The van der Waals surface area contributed by atoms with Gasteiger partial charge in [-0.1, -0.05) is 121 Å². The summed E-state index contributed by atoms with van der Waals surface area (Å²) in [4.78, 5) is 0. The molecule has 0 amide bonds. The predicted molar refractivity (Wildman–Crippen MR) is 202 cm³/mol. The van der Waals surface area contributed by atoms with Crippen molar-refractivity contribution in [2.75, 3.05) is 0 Å². The molecule has 0 saturated carbocycles. The highest BCUT2D eigenvalue weighted by molar-refractivity contribution is 6.22. The van der Waals surface area contributed by atoms with Crippen LogP contribution < -0.4 is 0 Å². The summed E-state index contributed by atoms with van der Waals surface area (Å²) in [5.41, 5.74) is 10.9. The summed E-state index contributed by atoms with van der Waals surface area (Å²) < 4.78 is 2.30. The van der Waals surface area contributed by atoms with Crippen molar-refractivity contribution in [3.63, 3.8) is 0 Å². The van der Waals surface area contributed by atoms with Crippen molar-refractivity contribution >= 4 is 43.4 Å². The van der Waals surface area contributed by atoms with E-state index in [1.54, 1.807) is 0 Å². The van der Waals surface area contributed by atoms with E-state index < -0.39 is 0 Å². The van der Waals surface area contributed by atoms with E-state index in [9.17, 15) is 10.5 Å². The third-order valence-corrected chi connectivity index (χ3v) is 9.65. The summed E-state index contributed by atoms with van der Waals surface area (Å²) in [5, 5.41) is 26.7. The Balaban J connectivity index is 1.40. The number of para-hydroxylation sites is 2. The van der Waals surface area contributed by atoms with Crippen LogP contribution in [-0.4, -0.2) is 4.57 Å². The Morgan fingerprint density at radius 3 is 1.59 bits per heavy atom. The van der Waals surface area contributed by atoms with E-state index in [0.29, 0.717) is 11.1 Å². The smallest absolute Gasteiger partial charge is 0.0991 e. The van der Waals surface area contributed by atoms with Gasteiger partial charge in [-0.25, -0.2) is 0 Å². The minimum absolute atomic E-state index is 0.609. The Morgan fingerprint density at radius 1 is 0.367 bits per heavy atom. The molecule has 0 fully saturated rings. The van der Waals surface area contributed by atoms with E-state index in [-0.39, 0.29) is 0 Å². The first-order valence-electron chi connectivity index (χ1n) is 16.3. The summed E-state index contributed by atoms with van der Waals surface area (Å²) in [6.45, 7) is 0. The van der Waals surface area contributed by atoms with Crippen molar-refractivity contribution < 1.29 is 0 Å². The number of rotatable bonds is 4. The van der Waals surface area contributed by atoms with Crippen LogP contribution in [0, 0.1) is 22.7 Å². The highest BCUT2D eigenvalue weighted by atomic mass is 15.0. The number of nitriles is 2. The molecule has 3 nitrogen and oxygen atoms in total. The van der Waals surface area contributed by atoms with Crippen molar-refractivity contribution in [1.82, 2.24) is 4.57 Å². The molecule has 0 unspecified atom stereocenters. The van der Waals surface area contributed by atoms with Crippen LogP contribution in [0.25, 0.3) is 82.4 Å². The van der Waals surface area contributed by atoms with Crippen molar-refractivity contribution in [3.05, 3.63) is 175 Å². The first-order chi connectivity index (χ1) is 24.2. The van der Waals surface area contributed by atoms with E-state index in [2.05, 4.69) is 144 Å². The van der Waals surface area contributed by atoms with Crippen LogP contribution in [0.5, 0.6) is 0 Å². The van der Waals surface area contributed by atoms with E-state index in [4.69, 9.17) is 0 Å². The first-order valence-corrected chi connectivity index (χ1v) is 16.3. The maximum atomic E-state index is 10.2. The van der Waals surface area contributed by atoms with E-state index in [1.807, 2.05) is 36.4 Å². The summed E-state index contributed by atoms with van der Waals surface area (Å²) in [7, 11) is 0. The number of hydrogen-bond acceptors (Lipinski definition) is 2. The lowest BCUT2D eigenvalue weighted by molar-refractivity contribution is 1.18. The SMILES string of the molecule is N#Cc1ccc(-c2ccccc2-n2c3ccccc3c3cc(C#N)ccc32)c(-c2c3ccccc3c(-c3ccccc3)c3ccccc23)c1. The summed E-state index contributed by atoms with van der Waals surface area (Å²) in [6.07, 6.45) is 0. The molecule has 1 heterocycles. The zero-order valence-electron chi connectivity index (χ0n) is 26.4. The molecule has 0 radical (unpaired) electrons. The molecule has 9 aromatic rings. The standard InChI is InChI=1S/C46H27N3/c47-28-30-22-24-33(34-14-8-10-20-42(34)49-43-21-11-9-15-35(43)40-26-31(29-48)23-25-44(40)49)41(27-30)46-38-18-6-4-16-36(38)45(32-12-2-1-3-13-32)37-17-5-7-19-39(37)46/h1-27H. The van der Waals surface area contributed by atoms with Crippen molar-refractivity contribution in [1.29, 1.82) is 10.5 Å². The molecular formula is C46H27N3. The second kappa shape index (κ2) is 11.4. The van der Waals surface area contributed by atoms with Crippen LogP contribution in [0.2, 0.25) is 0 Å². The van der Waals surface area contributed by atoms with Gasteiger partial charge < -0.3 is 4.57 Å². The average Bonchev–Trinajstić information content (AvgIpc) is 3.50. The Labute approximate surface area is 283 Å². The molecule has 8 aromatic carbocycles. The van der Waals surface area contributed by atoms with Gasteiger partial charge in [0.05, 0.1) is 40.0 Å². The molecule has 0 bridgehead atoms. The quantitative estimate of drug-likeness (QED) is 0.184. The highest BCUT2D eigenvalue weighted by Gasteiger charge is 2.22. The second-order valence-corrected chi connectivity index (χ2v) is 12.3. The lowest BCUT2D eigenvalue weighted by Crippen LogP contribution is -1.99. The second-order valence-electron chi connectivity index (χ2n) is 12.3. The number of fused-ring (bicyclic) bond motifs is 5. The van der Waals surface area contributed by atoms with E-state index >= 15 is 0 Å². The topological polar surface area (TPSA) is 52.5 Å². The van der Waals surface area contributed by atoms with Crippen LogP contribution in [0.1, 0.15) is 11.1 Å². The molecule has 0 N–H and O–H groups in total. The van der Waals surface area contributed by atoms with Gasteiger partial charge in [0.25, 0.3) is 0 Å². The van der Waals surface area contributed by atoms with Crippen LogP contribution in [0.4, 0.5) is 0 Å². The van der Waals surface area contributed by atoms with Gasteiger partial charge in [-0.05, 0) is 91.8 Å². The van der Waals surface area contributed by atoms with Crippen LogP contribution in [0.3, 0.4) is 0 Å².